The molecule has 0 aliphatic rings. The first-order valence-corrected chi connectivity index (χ1v) is 11.0. The summed E-state index contributed by atoms with van der Waals surface area (Å²) in [4.78, 5) is 12.4. The lowest BCUT2D eigenvalue weighted by Crippen LogP contribution is -2.25. The third-order valence-electron chi connectivity index (χ3n) is 5.16. The van der Waals surface area contributed by atoms with E-state index in [2.05, 4.69) is 10.4 Å². The average Bonchev–Trinajstić information content (AvgIpc) is 3.00. The predicted octanol–water partition coefficient (Wildman–Crippen LogP) is 5.82. The van der Waals surface area contributed by atoms with E-state index in [9.17, 15) is 4.79 Å². The van der Waals surface area contributed by atoms with Crippen LogP contribution in [-0.2, 0) is 13.2 Å². The quantitative estimate of drug-likeness (QED) is 0.431. The van der Waals surface area contributed by atoms with Crippen LogP contribution >= 0.6 is 23.2 Å². The second kappa shape index (κ2) is 10.2. The zero-order valence-electron chi connectivity index (χ0n) is 18.3. The van der Waals surface area contributed by atoms with E-state index >= 15 is 0 Å². The van der Waals surface area contributed by atoms with Crippen molar-refractivity contribution in [2.24, 2.45) is 0 Å². The number of aryl methyl sites for hydroxylation is 4. The van der Waals surface area contributed by atoms with Gasteiger partial charge in [-0.2, -0.15) is 5.10 Å². The first kappa shape index (κ1) is 23.2. The standard InChI is InChI=1S/C24H27Cl2N3O2/c1-15-12-21(13-16(2)22(15)25)31-14-19-6-8-20(9-7-19)24(30)27-10-5-11-29-18(4)23(26)17(3)28-29/h6-9,12-13H,5,10-11,14H2,1-4H3,(H,27,30). The molecule has 1 amide bonds. The lowest BCUT2D eigenvalue weighted by Gasteiger charge is -2.11. The van der Waals surface area contributed by atoms with Crippen molar-refractivity contribution in [1.82, 2.24) is 15.1 Å². The molecule has 3 aromatic rings. The van der Waals surface area contributed by atoms with Gasteiger partial charge < -0.3 is 10.1 Å². The minimum atomic E-state index is -0.0946. The molecule has 0 spiro atoms. The summed E-state index contributed by atoms with van der Waals surface area (Å²) in [6.45, 7) is 9.45. The number of nitrogens with zero attached hydrogens (tertiary/aromatic N) is 2. The Bertz CT molecular complexity index is 1050. The van der Waals surface area contributed by atoms with Crippen LogP contribution in [0.1, 0.15) is 44.9 Å². The average molecular weight is 460 g/mol. The maximum atomic E-state index is 12.4. The number of ether oxygens (including phenoxy) is 1. The highest BCUT2D eigenvalue weighted by atomic mass is 35.5. The third-order valence-corrected chi connectivity index (χ3v) is 6.30. The molecule has 0 atom stereocenters. The second-order valence-corrected chi connectivity index (χ2v) is 8.43. The monoisotopic (exact) mass is 459 g/mol. The molecule has 1 heterocycles. The van der Waals surface area contributed by atoms with Gasteiger partial charge in [-0.3, -0.25) is 9.48 Å². The molecule has 1 aromatic heterocycles. The van der Waals surface area contributed by atoms with E-state index < -0.39 is 0 Å². The summed E-state index contributed by atoms with van der Waals surface area (Å²) in [6.07, 6.45) is 0.774. The highest BCUT2D eigenvalue weighted by molar-refractivity contribution is 6.32. The van der Waals surface area contributed by atoms with Crippen molar-refractivity contribution in [2.45, 2.75) is 47.3 Å². The maximum Gasteiger partial charge on any atom is 0.251 e. The Kier molecular flexibility index (Phi) is 7.63. The third kappa shape index (κ3) is 5.81. The fourth-order valence-corrected chi connectivity index (χ4v) is 3.58. The molecule has 31 heavy (non-hydrogen) atoms. The number of benzene rings is 2. The number of aromatic nitrogens is 2. The fraction of sp³-hybridized carbons (Fsp3) is 0.333. The van der Waals surface area contributed by atoms with Gasteiger partial charge in [0, 0.05) is 23.7 Å². The second-order valence-electron chi connectivity index (χ2n) is 7.67. The number of halogens is 2. The van der Waals surface area contributed by atoms with Gasteiger partial charge >= 0.3 is 0 Å². The normalized spacial score (nSPS) is 10.9. The predicted molar refractivity (Wildman–Crippen MR) is 125 cm³/mol. The molecule has 0 bridgehead atoms. The maximum absolute atomic E-state index is 12.4. The smallest absolute Gasteiger partial charge is 0.251 e. The van der Waals surface area contributed by atoms with E-state index in [1.54, 1.807) is 0 Å². The molecular formula is C24H27Cl2N3O2. The first-order valence-electron chi connectivity index (χ1n) is 10.2. The number of carbonyl (C=O) groups excluding carboxylic acids is 1. The summed E-state index contributed by atoms with van der Waals surface area (Å²) >= 11 is 12.4. The number of hydrogen-bond acceptors (Lipinski definition) is 3. The zero-order valence-corrected chi connectivity index (χ0v) is 19.8. The number of hydrogen-bond donors (Lipinski definition) is 1. The van der Waals surface area contributed by atoms with Gasteiger partial charge in [0.2, 0.25) is 0 Å². The minimum Gasteiger partial charge on any atom is -0.489 e. The van der Waals surface area contributed by atoms with Crippen LogP contribution in [-0.4, -0.2) is 22.2 Å². The molecule has 0 fully saturated rings. The van der Waals surface area contributed by atoms with E-state index in [0.717, 1.165) is 45.3 Å². The molecule has 2 aromatic carbocycles. The Hall–Kier alpha value is -2.50. The van der Waals surface area contributed by atoms with Gasteiger partial charge in [-0.05, 0) is 75.1 Å². The summed E-state index contributed by atoms with van der Waals surface area (Å²) in [7, 11) is 0. The molecule has 0 aliphatic carbocycles. The molecule has 1 N–H and O–H groups in total. The van der Waals surface area contributed by atoms with Gasteiger partial charge in [0.25, 0.3) is 5.91 Å². The fourth-order valence-electron chi connectivity index (χ4n) is 3.33. The van der Waals surface area contributed by atoms with Crippen LogP contribution in [0.25, 0.3) is 0 Å². The summed E-state index contributed by atoms with van der Waals surface area (Å²) < 4.78 is 7.75. The molecule has 0 saturated heterocycles. The molecule has 5 nitrogen and oxygen atoms in total. The highest BCUT2D eigenvalue weighted by Gasteiger charge is 2.10. The SMILES string of the molecule is Cc1cc(OCc2ccc(C(=O)NCCCn3nc(C)c(Cl)c3C)cc2)cc(C)c1Cl. The van der Waals surface area contributed by atoms with Crippen molar-refractivity contribution in [3.05, 3.63) is 80.1 Å². The Morgan fingerprint density at radius 3 is 2.26 bits per heavy atom. The number of amides is 1. The van der Waals surface area contributed by atoms with Crippen molar-refractivity contribution in [3.63, 3.8) is 0 Å². The van der Waals surface area contributed by atoms with Gasteiger partial charge in [0.05, 0.1) is 16.4 Å². The summed E-state index contributed by atoms with van der Waals surface area (Å²) in [5.74, 6) is 0.688. The van der Waals surface area contributed by atoms with E-state index in [1.165, 1.54) is 0 Å². The highest BCUT2D eigenvalue weighted by Crippen LogP contribution is 2.26. The lowest BCUT2D eigenvalue weighted by atomic mass is 10.1. The molecule has 7 heteroatoms. The molecule has 164 valence electrons. The molecule has 0 saturated carbocycles. The molecule has 0 radical (unpaired) electrons. The Balaban J connectivity index is 1.47. The van der Waals surface area contributed by atoms with Gasteiger partial charge in [-0.15, -0.1) is 0 Å². The molecule has 0 aliphatic heterocycles. The van der Waals surface area contributed by atoms with Crippen molar-refractivity contribution in [3.8, 4) is 5.75 Å². The van der Waals surface area contributed by atoms with Gasteiger partial charge in [0.15, 0.2) is 0 Å². The Morgan fingerprint density at radius 2 is 1.68 bits per heavy atom. The van der Waals surface area contributed by atoms with Crippen LogP contribution in [0.5, 0.6) is 5.75 Å². The van der Waals surface area contributed by atoms with E-state index in [1.807, 2.05) is 68.8 Å². The number of rotatable bonds is 8. The van der Waals surface area contributed by atoms with Crippen LogP contribution in [0.15, 0.2) is 36.4 Å². The van der Waals surface area contributed by atoms with Crippen LogP contribution in [0.3, 0.4) is 0 Å². The van der Waals surface area contributed by atoms with Crippen LogP contribution in [0.2, 0.25) is 10.0 Å². The van der Waals surface area contributed by atoms with E-state index in [0.29, 0.717) is 30.3 Å². The Morgan fingerprint density at radius 1 is 1.03 bits per heavy atom. The van der Waals surface area contributed by atoms with E-state index in [4.69, 9.17) is 27.9 Å². The minimum absolute atomic E-state index is 0.0946. The van der Waals surface area contributed by atoms with Crippen molar-refractivity contribution >= 4 is 29.1 Å². The number of nitrogens with one attached hydrogen (secondary N) is 1. The van der Waals surface area contributed by atoms with Crippen molar-refractivity contribution < 1.29 is 9.53 Å². The summed E-state index contributed by atoms with van der Waals surface area (Å²) in [6, 6.07) is 11.3. The largest absolute Gasteiger partial charge is 0.489 e. The summed E-state index contributed by atoms with van der Waals surface area (Å²) in [5.41, 5.74) is 5.37. The van der Waals surface area contributed by atoms with Crippen molar-refractivity contribution in [1.29, 1.82) is 0 Å². The van der Waals surface area contributed by atoms with Crippen LogP contribution in [0, 0.1) is 27.7 Å². The van der Waals surface area contributed by atoms with Crippen molar-refractivity contribution in [2.75, 3.05) is 6.54 Å². The van der Waals surface area contributed by atoms with Gasteiger partial charge in [-0.1, -0.05) is 35.3 Å². The Labute approximate surface area is 193 Å². The number of carbonyl (C=O) groups is 1. The van der Waals surface area contributed by atoms with Gasteiger partial charge in [-0.25, -0.2) is 0 Å². The van der Waals surface area contributed by atoms with Crippen LogP contribution in [0.4, 0.5) is 0 Å². The van der Waals surface area contributed by atoms with E-state index in [-0.39, 0.29) is 5.91 Å². The summed E-state index contributed by atoms with van der Waals surface area (Å²) in [5, 5.41) is 8.82. The zero-order chi connectivity index (χ0) is 22.5. The lowest BCUT2D eigenvalue weighted by molar-refractivity contribution is 0.0952. The van der Waals surface area contributed by atoms with Crippen LogP contribution < -0.4 is 10.1 Å². The first-order chi connectivity index (χ1) is 14.8. The molecule has 3 rings (SSSR count). The molecular weight excluding hydrogens is 433 g/mol. The molecule has 0 unspecified atom stereocenters. The topological polar surface area (TPSA) is 56.1 Å². The van der Waals surface area contributed by atoms with Gasteiger partial charge in [0.1, 0.15) is 12.4 Å².